The summed E-state index contributed by atoms with van der Waals surface area (Å²) in [6.45, 7) is 3.58. The molecule has 0 atom stereocenters. The van der Waals surface area contributed by atoms with Crippen LogP contribution in [0, 0.1) is 11.3 Å². The number of halogens is 3. The first kappa shape index (κ1) is 15.3. The van der Waals surface area contributed by atoms with Crippen LogP contribution in [0.3, 0.4) is 0 Å². The van der Waals surface area contributed by atoms with Crippen LogP contribution in [-0.4, -0.2) is 17.3 Å². The van der Waals surface area contributed by atoms with Crippen LogP contribution in [0.1, 0.15) is 31.4 Å². The van der Waals surface area contributed by atoms with Crippen LogP contribution in [0.5, 0.6) is 0 Å². The lowest BCUT2D eigenvalue weighted by atomic mass is 10.0. The van der Waals surface area contributed by atoms with Gasteiger partial charge in [0.15, 0.2) is 0 Å². The maximum Gasteiger partial charge on any atom is 0.417 e. The Bertz CT molecular complexity index is 484. The van der Waals surface area contributed by atoms with Gasteiger partial charge in [0.05, 0.1) is 22.8 Å². The first-order valence-corrected chi connectivity index (χ1v) is 5.71. The Balaban J connectivity index is 2.86. The number of anilines is 1. The van der Waals surface area contributed by atoms with Gasteiger partial charge in [-0.3, -0.25) is 0 Å². The van der Waals surface area contributed by atoms with E-state index in [1.54, 1.807) is 13.8 Å². The monoisotopic (exact) mass is 272 g/mol. The van der Waals surface area contributed by atoms with Crippen molar-refractivity contribution in [3.63, 3.8) is 0 Å². The molecule has 0 aliphatic heterocycles. The third-order valence-corrected chi connectivity index (χ3v) is 2.51. The van der Waals surface area contributed by atoms with Crippen LogP contribution in [0.25, 0.3) is 0 Å². The molecule has 0 fully saturated rings. The number of rotatable bonds is 4. The van der Waals surface area contributed by atoms with Crippen molar-refractivity contribution in [2.24, 2.45) is 0 Å². The fourth-order valence-electron chi connectivity index (χ4n) is 1.50. The fraction of sp³-hybridized carbons (Fsp3) is 0.462. The number of alkyl halides is 3. The van der Waals surface area contributed by atoms with Crippen molar-refractivity contribution >= 4 is 5.69 Å². The van der Waals surface area contributed by atoms with E-state index in [-0.39, 0.29) is 5.69 Å². The van der Waals surface area contributed by atoms with Crippen LogP contribution in [-0.2, 0) is 6.18 Å². The Hall–Kier alpha value is -1.74. The molecule has 0 spiro atoms. The predicted molar refractivity (Wildman–Crippen MR) is 65.6 cm³/mol. The number of aliphatic hydroxyl groups is 1. The average molecular weight is 272 g/mol. The number of nitrogens with zero attached hydrogens (tertiary/aromatic N) is 1. The highest BCUT2D eigenvalue weighted by Crippen LogP contribution is 2.33. The second-order valence-corrected chi connectivity index (χ2v) is 4.86. The number of hydrogen-bond donors (Lipinski definition) is 2. The zero-order valence-corrected chi connectivity index (χ0v) is 10.7. The van der Waals surface area contributed by atoms with E-state index in [4.69, 9.17) is 5.26 Å². The molecule has 0 radical (unpaired) electrons. The number of benzene rings is 1. The Kier molecular flexibility index (Phi) is 4.43. The summed E-state index contributed by atoms with van der Waals surface area (Å²) in [7, 11) is 0. The van der Waals surface area contributed by atoms with Gasteiger partial charge in [0.1, 0.15) is 0 Å². The molecule has 1 aromatic carbocycles. The van der Waals surface area contributed by atoms with E-state index in [9.17, 15) is 18.3 Å². The number of nitriles is 1. The zero-order valence-electron chi connectivity index (χ0n) is 10.7. The Labute approximate surface area is 109 Å². The Morgan fingerprint density at radius 2 is 1.95 bits per heavy atom. The summed E-state index contributed by atoms with van der Waals surface area (Å²) in [5.41, 5.74) is -1.97. The van der Waals surface area contributed by atoms with Crippen molar-refractivity contribution in [2.45, 2.75) is 32.0 Å². The molecule has 3 nitrogen and oxygen atoms in total. The van der Waals surface area contributed by atoms with Crippen molar-refractivity contribution in [2.75, 3.05) is 11.9 Å². The topological polar surface area (TPSA) is 56.0 Å². The molecule has 1 rings (SSSR count). The van der Waals surface area contributed by atoms with Crippen molar-refractivity contribution in [3.8, 4) is 6.07 Å². The molecule has 104 valence electrons. The van der Waals surface area contributed by atoms with Crippen LogP contribution >= 0.6 is 0 Å². The summed E-state index contributed by atoms with van der Waals surface area (Å²) in [4.78, 5) is 0. The van der Waals surface area contributed by atoms with Crippen molar-refractivity contribution < 1.29 is 18.3 Å². The van der Waals surface area contributed by atoms with Crippen molar-refractivity contribution in [1.82, 2.24) is 0 Å². The molecular formula is C13H15F3N2O. The van der Waals surface area contributed by atoms with E-state index >= 15 is 0 Å². The molecule has 0 bridgehead atoms. The van der Waals surface area contributed by atoms with Gasteiger partial charge in [-0.15, -0.1) is 0 Å². The highest BCUT2D eigenvalue weighted by Gasteiger charge is 2.33. The molecule has 0 heterocycles. The van der Waals surface area contributed by atoms with Crippen LogP contribution in [0.2, 0.25) is 0 Å². The van der Waals surface area contributed by atoms with E-state index in [2.05, 4.69) is 5.32 Å². The average Bonchev–Trinajstić information content (AvgIpc) is 2.26. The SMILES string of the molecule is CC(C)(O)CCNc1ccc(C#N)c(C(F)(F)F)c1. The molecule has 0 aromatic heterocycles. The van der Waals surface area contributed by atoms with Gasteiger partial charge in [-0.25, -0.2) is 0 Å². The minimum atomic E-state index is -4.56. The smallest absolute Gasteiger partial charge is 0.390 e. The normalized spacial score (nSPS) is 12.1. The zero-order chi connectivity index (χ0) is 14.7. The van der Waals surface area contributed by atoms with Gasteiger partial charge in [0.25, 0.3) is 0 Å². The summed E-state index contributed by atoms with van der Waals surface area (Å²) in [6, 6.07) is 4.98. The summed E-state index contributed by atoms with van der Waals surface area (Å²) in [5, 5.41) is 20.9. The second-order valence-electron chi connectivity index (χ2n) is 4.86. The lowest BCUT2D eigenvalue weighted by Gasteiger charge is -2.18. The third kappa shape index (κ3) is 4.79. The Morgan fingerprint density at radius 3 is 2.42 bits per heavy atom. The molecular weight excluding hydrogens is 257 g/mol. The van der Waals surface area contributed by atoms with Gasteiger partial charge < -0.3 is 10.4 Å². The standard InChI is InChI=1S/C13H15F3N2O/c1-12(2,19)5-6-18-10-4-3-9(8-17)11(7-10)13(14,15)16/h3-4,7,18-19H,5-6H2,1-2H3. The fourth-order valence-corrected chi connectivity index (χ4v) is 1.50. The second kappa shape index (κ2) is 5.49. The molecule has 0 saturated heterocycles. The van der Waals surface area contributed by atoms with Crippen LogP contribution in [0.4, 0.5) is 18.9 Å². The largest absolute Gasteiger partial charge is 0.417 e. The van der Waals surface area contributed by atoms with Gasteiger partial charge in [0.2, 0.25) is 0 Å². The first-order valence-electron chi connectivity index (χ1n) is 5.71. The number of hydrogen-bond acceptors (Lipinski definition) is 3. The lowest BCUT2D eigenvalue weighted by molar-refractivity contribution is -0.137. The van der Waals surface area contributed by atoms with E-state index in [1.807, 2.05) is 0 Å². The minimum Gasteiger partial charge on any atom is -0.390 e. The molecule has 0 saturated carbocycles. The maximum atomic E-state index is 12.7. The Morgan fingerprint density at radius 1 is 1.32 bits per heavy atom. The van der Waals surface area contributed by atoms with Gasteiger partial charge in [-0.2, -0.15) is 18.4 Å². The van der Waals surface area contributed by atoms with E-state index < -0.39 is 22.9 Å². The molecule has 6 heteroatoms. The van der Waals surface area contributed by atoms with Gasteiger partial charge >= 0.3 is 6.18 Å². The van der Waals surface area contributed by atoms with Crippen LogP contribution < -0.4 is 5.32 Å². The molecule has 1 aromatic rings. The molecule has 0 aliphatic carbocycles. The van der Waals surface area contributed by atoms with Crippen LogP contribution in [0.15, 0.2) is 18.2 Å². The van der Waals surface area contributed by atoms with Crippen molar-refractivity contribution in [1.29, 1.82) is 5.26 Å². The molecule has 2 N–H and O–H groups in total. The molecule has 0 amide bonds. The van der Waals surface area contributed by atoms with E-state index in [1.165, 1.54) is 12.1 Å². The van der Waals surface area contributed by atoms with E-state index in [0.29, 0.717) is 13.0 Å². The van der Waals surface area contributed by atoms with Gasteiger partial charge in [0, 0.05) is 12.2 Å². The highest BCUT2D eigenvalue weighted by molar-refractivity contribution is 5.53. The summed E-state index contributed by atoms with van der Waals surface area (Å²) in [5.74, 6) is 0. The molecule has 19 heavy (non-hydrogen) atoms. The lowest BCUT2D eigenvalue weighted by Crippen LogP contribution is -2.22. The highest BCUT2D eigenvalue weighted by atomic mass is 19.4. The third-order valence-electron chi connectivity index (χ3n) is 2.51. The van der Waals surface area contributed by atoms with Gasteiger partial charge in [-0.05, 0) is 38.5 Å². The minimum absolute atomic E-state index is 0.274. The van der Waals surface area contributed by atoms with Gasteiger partial charge in [-0.1, -0.05) is 0 Å². The molecule has 0 unspecified atom stereocenters. The maximum absolute atomic E-state index is 12.7. The quantitative estimate of drug-likeness (QED) is 0.885. The van der Waals surface area contributed by atoms with Crippen molar-refractivity contribution in [3.05, 3.63) is 29.3 Å². The first-order chi connectivity index (χ1) is 8.63. The van der Waals surface area contributed by atoms with E-state index in [0.717, 1.165) is 12.1 Å². The molecule has 0 aliphatic rings. The summed E-state index contributed by atoms with van der Waals surface area (Å²) in [6.07, 6.45) is -4.16. The predicted octanol–water partition coefficient (Wildman–Crippen LogP) is 3.15. The summed E-state index contributed by atoms with van der Waals surface area (Å²) < 4.78 is 38.1. The summed E-state index contributed by atoms with van der Waals surface area (Å²) >= 11 is 0. The number of nitrogens with one attached hydrogen (secondary N) is 1.